The monoisotopic (exact) mass is 298 g/mol. The van der Waals surface area contributed by atoms with E-state index >= 15 is 0 Å². The van der Waals surface area contributed by atoms with Crippen molar-refractivity contribution in [1.82, 2.24) is 9.80 Å². The molecular formula is C15H20ClFN2O. The van der Waals surface area contributed by atoms with Crippen molar-refractivity contribution in [2.24, 2.45) is 5.92 Å². The summed E-state index contributed by atoms with van der Waals surface area (Å²) < 4.78 is 19.6. The van der Waals surface area contributed by atoms with Gasteiger partial charge in [0.25, 0.3) is 0 Å². The quantitative estimate of drug-likeness (QED) is 0.833. The Morgan fingerprint density at radius 3 is 2.95 bits per heavy atom. The Kier molecular flexibility index (Phi) is 4.26. The predicted octanol–water partition coefficient (Wildman–Crippen LogP) is 2.24. The molecule has 20 heavy (non-hydrogen) atoms. The molecule has 2 heterocycles. The van der Waals surface area contributed by atoms with Gasteiger partial charge in [-0.15, -0.1) is 0 Å². The molecule has 0 saturated carbocycles. The third-order valence-electron chi connectivity index (χ3n) is 4.23. The van der Waals surface area contributed by atoms with Crippen LogP contribution in [0.25, 0.3) is 0 Å². The largest absolute Gasteiger partial charge is 0.379 e. The van der Waals surface area contributed by atoms with Gasteiger partial charge in [0.1, 0.15) is 5.82 Å². The Morgan fingerprint density at radius 1 is 1.30 bits per heavy atom. The number of halogens is 2. The number of fused-ring (bicyclic) bond motifs is 3. The zero-order valence-electron chi connectivity index (χ0n) is 11.7. The van der Waals surface area contributed by atoms with Gasteiger partial charge in [-0.25, -0.2) is 4.39 Å². The maximum Gasteiger partial charge on any atom is 0.129 e. The van der Waals surface area contributed by atoms with Crippen LogP contribution in [-0.4, -0.2) is 55.7 Å². The first kappa shape index (κ1) is 14.3. The number of likely N-dealkylation sites (N-methyl/N-ethyl adjacent to an activating group) is 1. The minimum Gasteiger partial charge on any atom is -0.379 e. The lowest BCUT2D eigenvalue weighted by atomic mass is 10.1. The molecule has 3 rings (SSSR count). The fourth-order valence-corrected chi connectivity index (χ4v) is 3.33. The van der Waals surface area contributed by atoms with Crippen molar-refractivity contribution in [1.29, 1.82) is 0 Å². The second kappa shape index (κ2) is 5.98. The summed E-state index contributed by atoms with van der Waals surface area (Å²) in [4.78, 5) is 4.71. The summed E-state index contributed by atoms with van der Waals surface area (Å²) in [5, 5.41) is 0.451. The molecule has 0 spiro atoms. The van der Waals surface area contributed by atoms with E-state index in [9.17, 15) is 4.39 Å². The van der Waals surface area contributed by atoms with Crippen molar-refractivity contribution < 1.29 is 9.13 Å². The number of nitrogens with zero attached hydrogens (tertiary/aromatic N) is 2. The highest BCUT2D eigenvalue weighted by molar-refractivity contribution is 6.30. The molecule has 2 bridgehead atoms. The van der Waals surface area contributed by atoms with Crippen LogP contribution in [0.5, 0.6) is 0 Å². The molecular weight excluding hydrogens is 279 g/mol. The maximum absolute atomic E-state index is 13.9. The summed E-state index contributed by atoms with van der Waals surface area (Å²) in [6, 6.07) is 5.34. The first-order valence-corrected chi connectivity index (χ1v) is 7.44. The fourth-order valence-electron chi connectivity index (χ4n) is 3.17. The van der Waals surface area contributed by atoms with E-state index in [0.717, 1.165) is 38.4 Å². The number of hydrogen-bond donors (Lipinski definition) is 0. The van der Waals surface area contributed by atoms with Gasteiger partial charge < -0.3 is 4.74 Å². The van der Waals surface area contributed by atoms with Crippen LogP contribution in [0.3, 0.4) is 0 Å². The lowest BCUT2D eigenvalue weighted by molar-refractivity contribution is 0.0513. The maximum atomic E-state index is 13.9. The lowest BCUT2D eigenvalue weighted by Gasteiger charge is -2.29. The molecule has 0 radical (unpaired) electrons. The van der Waals surface area contributed by atoms with E-state index in [1.165, 1.54) is 6.07 Å². The molecule has 0 aromatic heterocycles. The molecule has 0 aliphatic carbocycles. The van der Waals surface area contributed by atoms with Gasteiger partial charge in [0.2, 0.25) is 0 Å². The Hall–Kier alpha value is -0.680. The molecule has 1 aromatic rings. The topological polar surface area (TPSA) is 15.7 Å². The third kappa shape index (κ3) is 3.14. The minimum atomic E-state index is -0.212. The minimum absolute atomic E-state index is 0.212. The summed E-state index contributed by atoms with van der Waals surface area (Å²) in [7, 11) is 2.15. The summed E-state index contributed by atoms with van der Waals surface area (Å²) in [5.41, 5.74) is 0.720. The van der Waals surface area contributed by atoms with Gasteiger partial charge >= 0.3 is 0 Å². The van der Waals surface area contributed by atoms with Crippen LogP contribution in [0.15, 0.2) is 18.2 Å². The van der Waals surface area contributed by atoms with E-state index in [1.54, 1.807) is 12.1 Å². The molecule has 0 unspecified atom stereocenters. The molecule has 2 aliphatic heterocycles. The lowest BCUT2D eigenvalue weighted by Crippen LogP contribution is -2.42. The van der Waals surface area contributed by atoms with E-state index < -0.39 is 0 Å². The summed E-state index contributed by atoms with van der Waals surface area (Å²) in [6.45, 7) is 5.17. The number of ether oxygens (including phenoxy) is 1. The average Bonchev–Trinajstić information content (AvgIpc) is 2.61. The second-order valence-electron chi connectivity index (χ2n) is 5.93. The van der Waals surface area contributed by atoms with E-state index in [1.807, 2.05) is 0 Å². The zero-order chi connectivity index (χ0) is 14.1. The van der Waals surface area contributed by atoms with Crippen LogP contribution in [0, 0.1) is 11.7 Å². The van der Waals surface area contributed by atoms with Crippen molar-refractivity contribution in [2.45, 2.75) is 12.6 Å². The van der Waals surface area contributed by atoms with Crippen LogP contribution < -0.4 is 0 Å². The summed E-state index contributed by atoms with van der Waals surface area (Å²) in [5.74, 6) is 0.291. The molecule has 2 atom stereocenters. The molecule has 110 valence electrons. The highest BCUT2D eigenvalue weighted by atomic mass is 35.5. The second-order valence-corrected chi connectivity index (χ2v) is 6.36. The van der Waals surface area contributed by atoms with E-state index in [0.29, 0.717) is 23.5 Å². The van der Waals surface area contributed by atoms with Crippen LogP contribution in [0.2, 0.25) is 5.02 Å². The molecule has 5 heteroatoms. The van der Waals surface area contributed by atoms with Gasteiger partial charge in [-0.1, -0.05) is 17.7 Å². The third-order valence-corrected chi connectivity index (χ3v) is 4.46. The first-order valence-electron chi connectivity index (χ1n) is 7.06. The number of hydrogen-bond acceptors (Lipinski definition) is 3. The van der Waals surface area contributed by atoms with E-state index in [4.69, 9.17) is 16.3 Å². The number of benzene rings is 1. The molecule has 2 aliphatic rings. The average molecular weight is 299 g/mol. The molecule has 3 nitrogen and oxygen atoms in total. The molecule has 2 fully saturated rings. The molecule has 0 amide bonds. The Balaban J connectivity index is 1.74. The van der Waals surface area contributed by atoms with E-state index in [-0.39, 0.29) is 5.82 Å². The Labute approximate surface area is 124 Å². The summed E-state index contributed by atoms with van der Waals surface area (Å²) >= 11 is 5.81. The van der Waals surface area contributed by atoms with Crippen LogP contribution in [0.4, 0.5) is 4.39 Å². The Bertz CT molecular complexity index is 485. The van der Waals surface area contributed by atoms with Crippen molar-refractivity contribution in [2.75, 3.05) is 39.9 Å². The van der Waals surface area contributed by atoms with E-state index in [2.05, 4.69) is 16.8 Å². The molecule has 0 N–H and O–H groups in total. The predicted molar refractivity (Wildman–Crippen MR) is 77.4 cm³/mol. The Morgan fingerprint density at radius 2 is 2.15 bits per heavy atom. The normalized spacial score (nSPS) is 28.4. The van der Waals surface area contributed by atoms with Crippen molar-refractivity contribution in [3.63, 3.8) is 0 Å². The standard InChI is InChI=1S/C15H20ClFN2O/c1-18-5-11-6-19(8-14(18)10-20-9-11)7-12-2-3-13(16)4-15(12)17/h2-4,11,14H,5-10H2,1H3/t11-,14+/m1/s1. The van der Waals surface area contributed by atoms with Crippen LogP contribution in [-0.2, 0) is 11.3 Å². The van der Waals surface area contributed by atoms with Gasteiger partial charge in [-0.2, -0.15) is 0 Å². The highest BCUT2D eigenvalue weighted by Crippen LogP contribution is 2.22. The smallest absolute Gasteiger partial charge is 0.129 e. The van der Waals surface area contributed by atoms with Gasteiger partial charge in [-0.05, 0) is 19.2 Å². The van der Waals surface area contributed by atoms with Gasteiger partial charge in [-0.3, -0.25) is 9.80 Å². The van der Waals surface area contributed by atoms with Gasteiger partial charge in [0, 0.05) is 48.7 Å². The van der Waals surface area contributed by atoms with Crippen molar-refractivity contribution >= 4 is 11.6 Å². The molecule has 1 aromatic carbocycles. The highest BCUT2D eigenvalue weighted by Gasteiger charge is 2.31. The van der Waals surface area contributed by atoms with Crippen LogP contribution >= 0.6 is 11.6 Å². The zero-order valence-corrected chi connectivity index (χ0v) is 12.4. The van der Waals surface area contributed by atoms with Crippen LogP contribution in [0.1, 0.15) is 5.56 Å². The molecule has 2 saturated heterocycles. The number of rotatable bonds is 2. The van der Waals surface area contributed by atoms with Gasteiger partial charge in [0.15, 0.2) is 0 Å². The summed E-state index contributed by atoms with van der Waals surface area (Å²) in [6.07, 6.45) is 0. The van der Waals surface area contributed by atoms with Gasteiger partial charge in [0.05, 0.1) is 13.2 Å². The first-order chi connectivity index (χ1) is 9.61. The SMILES string of the molecule is CN1C[C@H]2COC[C@@H]1CN(Cc1ccc(Cl)cc1F)C2. The van der Waals surface area contributed by atoms with Crippen molar-refractivity contribution in [3.8, 4) is 0 Å². The van der Waals surface area contributed by atoms with Crippen molar-refractivity contribution in [3.05, 3.63) is 34.6 Å². The fraction of sp³-hybridized carbons (Fsp3) is 0.600.